The number of rotatable bonds is 9. The number of carbonyl (C=O) groups excluding carboxylic acids is 1. The fourth-order valence-electron chi connectivity index (χ4n) is 5.96. The average molecular weight is 757 g/mol. The fraction of sp³-hybridized carbons (Fsp3) is 0.421. The second-order valence-electron chi connectivity index (χ2n) is 12.1. The predicted molar refractivity (Wildman–Crippen MR) is 175 cm³/mol. The molecule has 231 valence electrons. The summed E-state index contributed by atoms with van der Waals surface area (Å²) in [5.74, 6) is 2.96. The van der Waals surface area contributed by atoms with E-state index < -0.39 is 0 Å². The molecule has 0 saturated carbocycles. The molecule has 3 aromatic carbocycles. The van der Waals surface area contributed by atoms with Crippen molar-refractivity contribution < 1.29 is 34.7 Å². The molecule has 2 heterocycles. The van der Waals surface area contributed by atoms with Gasteiger partial charge >= 0.3 is 0 Å². The van der Waals surface area contributed by atoms with E-state index in [4.69, 9.17) is 9.72 Å². The van der Waals surface area contributed by atoms with Gasteiger partial charge in [-0.1, -0.05) is 81.8 Å². The van der Waals surface area contributed by atoms with E-state index in [-0.39, 0.29) is 43.5 Å². The Labute approximate surface area is 271 Å². The standard InChI is InChI=1S/C25H22NO.C13H24O2.Ir/c1-14(2)9-17-11-19-7-8-26-24-21-13-18-6-5-15(3)10-20(18)16(4)25(21)27-22(12-17)23(19)24;1-5-10(6-2)12(14)9-13(15)11(7-3)8-4;/h5-8,10-12,14H,9H2,1-4H3;9-11,14H,5-8H2,1-4H3;/q-1;;/b;12-9-;. The number of hydrogen-bond acceptors (Lipinski definition) is 4. The molecular formula is C38H46IrNO3-. The Bertz CT molecular complexity index is 1610. The number of ether oxygens (including phenoxy) is 1. The molecule has 1 N–H and O–H groups in total. The zero-order chi connectivity index (χ0) is 30.6. The van der Waals surface area contributed by atoms with Gasteiger partial charge in [0.05, 0.1) is 11.5 Å². The van der Waals surface area contributed by atoms with Crippen LogP contribution in [0.3, 0.4) is 0 Å². The van der Waals surface area contributed by atoms with Crippen molar-refractivity contribution in [1.82, 2.24) is 4.98 Å². The van der Waals surface area contributed by atoms with Crippen LogP contribution in [0.4, 0.5) is 0 Å². The summed E-state index contributed by atoms with van der Waals surface area (Å²) in [6, 6.07) is 16.6. The van der Waals surface area contributed by atoms with Crippen LogP contribution < -0.4 is 4.74 Å². The van der Waals surface area contributed by atoms with E-state index in [2.05, 4.69) is 70.2 Å². The van der Waals surface area contributed by atoms with E-state index in [1.807, 2.05) is 33.9 Å². The first-order chi connectivity index (χ1) is 20.1. The van der Waals surface area contributed by atoms with Crippen molar-refractivity contribution in [2.75, 3.05) is 0 Å². The van der Waals surface area contributed by atoms with Crippen LogP contribution in [0.2, 0.25) is 0 Å². The minimum atomic E-state index is 0. The SMILES string of the molecule is CCC(CC)C(=O)/C=C(\O)C(CC)CC.Cc1ccc2[c-]c3c(c(C)c2c1)Oc1cc(CC(C)C)cc2ccnc-3c12.[Ir]. The van der Waals surface area contributed by atoms with Gasteiger partial charge in [-0.3, -0.25) is 9.78 Å². The number of hydrogen-bond donors (Lipinski definition) is 1. The maximum absolute atomic E-state index is 11.7. The molecule has 0 amide bonds. The van der Waals surface area contributed by atoms with Gasteiger partial charge in [-0.15, -0.1) is 17.5 Å². The van der Waals surface area contributed by atoms with E-state index in [9.17, 15) is 9.90 Å². The first kappa shape index (κ1) is 34.5. The van der Waals surface area contributed by atoms with Crippen molar-refractivity contribution in [2.45, 2.75) is 87.5 Å². The minimum Gasteiger partial charge on any atom is -0.512 e. The third-order valence-electron chi connectivity index (χ3n) is 8.47. The maximum Gasteiger partial charge on any atom is 0.162 e. The molecule has 1 aliphatic rings. The minimum absolute atomic E-state index is 0. The van der Waals surface area contributed by atoms with Crippen LogP contribution >= 0.6 is 0 Å². The number of allylic oxidation sites excluding steroid dienone is 2. The van der Waals surface area contributed by atoms with Crippen molar-refractivity contribution in [3.63, 3.8) is 0 Å². The normalized spacial score (nSPS) is 12.2. The van der Waals surface area contributed by atoms with E-state index in [1.165, 1.54) is 28.0 Å². The fourth-order valence-corrected chi connectivity index (χ4v) is 5.96. The molecule has 0 aliphatic carbocycles. The number of ketones is 1. The second kappa shape index (κ2) is 15.1. The Morgan fingerprint density at radius 3 is 2.28 bits per heavy atom. The van der Waals surface area contributed by atoms with Crippen molar-refractivity contribution in [3.8, 4) is 22.8 Å². The van der Waals surface area contributed by atoms with Crippen molar-refractivity contribution in [1.29, 1.82) is 0 Å². The third-order valence-corrected chi connectivity index (χ3v) is 8.47. The molecule has 1 aliphatic heterocycles. The van der Waals surface area contributed by atoms with E-state index in [0.29, 0.717) is 5.92 Å². The summed E-state index contributed by atoms with van der Waals surface area (Å²) in [5, 5.41) is 14.4. The quantitative estimate of drug-likeness (QED) is 0.0924. The Kier molecular flexibility index (Phi) is 12.1. The summed E-state index contributed by atoms with van der Waals surface area (Å²) in [5.41, 5.74) is 5.66. The van der Waals surface area contributed by atoms with Gasteiger partial charge in [0.2, 0.25) is 0 Å². The largest absolute Gasteiger partial charge is 0.512 e. The predicted octanol–water partition coefficient (Wildman–Crippen LogP) is 10.6. The molecule has 0 spiro atoms. The number of nitrogens with zero attached hydrogens (tertiary/aromatic N) is 1. The molecule has 1 aromatic heterocycles. The number of pyridine rings is 1. The zero-order valence-electron chi connectivity index (χ0n) is 26.9. The number of carbonyl (C=O) groups is 1. The summed E-state index contributed by atoms with van der Waals surface area (Å²) < 4.78 is 6.48. The molecule has 0 unspecified atom stereocenters. The topological polar surface area (TPSA) is 59.4 Å². The van der Waals surface area contributed by atoms with Gasteiger partial charge in [0.15, 0.2) is 5.78 Å². The Morgan fingerprint density at radius 1 is 0.977 bits per heavy atom. The van der Waals surface area contributed by atoms with Gasteiger partial charge < -0.3 is 9.84 Å². The van der Waals surface area contributed by atoms with Crippen molar-refractivity contribution >= 4 is 27.3 Å². The van der Waals surface area contributed by atoms with Crippen LogP contribution in [-0.4, -0.2) is 15.9 Å². The van der Waals surface area contributed by atoms with Gasteiger partial charge in [0.25, 0.3) is 0 Å². The summed E-state index contributed by atoms with van der Waals surface area (Å²) >= 11 is 0. The summed E-state index contributed by atoms with van der Waals surface area (Å²) in [6.07, 6.45) is 7.85. The van der Waals surface area contributed by atoms with Gasteiger partial charge in [0.1, 0.15) is 5.75 Å². The van der Waals surface area contributed by atoms with Crippen molar-refractivity contribution in [3.05, 3.63) is 77.2 Å². The molecule has 5 rings (SSSR count). The summed E-state index contributed by atoms with van der Waals surface area (Å²) in [4.78, 5) is 16.4. The smallest absolute Gasteiger partial charge is 0.162 e. The number of benzene rings is 3. The summed E-state index contributed by atoms with van der Waals surface area (Å²) in [6.45, 7) is 16.8. The molecule has 0 atom stereocenters. The van der Waals surface area contributed by atoms with Crippen LogP contribution in [-0.2, 0) is 31.3 Å². The zero-order valence-corrected chi connectivity index (χ0v) is 29.3. The van der Waals surface area contributed by atoms with Crippen LogP contribution in [0.25, 0.3) is 32.8 Å². The van der Waals surface area contributed by atoms with Crippen LogP contribution in [0, 0.1) is 37.7 Å². The van der Waals surface area contributed by atoms with Gasteiger partial charge in [-0.2, -0.15) is 0 Å². The molecule has 0 saturated heterocycles. The first-order valence-electron chi connectivity index (χ1n) is 15.6. The van der Waals surface area contributed by atoms with E-state index >= 15 is 0 Å². The van der Waals surface area contributed by atoms with Crippen LogP contribution in [0.15, 0.2) is 54.4 Å². The molecule has 0 bridgehead atoms. The molecule has 43 heavy (non-hydrogen) atoms. The van der Waals surface area contributed by atoms with Gasteiger partial charge in [-0.25, -0.2) is 0 Å². The van der Waals surface area contributed by atoms with Crippen LogP contribution in [0.5, 0.6) is 11.5 Å². The monoisotopic (exact) mass is 757 g/mol. The molecule has 5 heteroatoms. The Morgan fingerprint density at radius 2 is 1.65 bits per heavy atom. The first-order valence-corrected chi connectivity index (χ1v) is 15.6. The van der Waals surface area contributed by atoms with Gasteiger partial charge in [0, 0.05) is 55.3 Å². The maximum atomic E-state index is 11.7. The number of aliphatic hydroxyl groups excluding tert-OH is 1. The van der Waals surface area contributed by atoms with Crippen molar-refractivity contribution in [2.24, 2.45) is 17.8 Å². The molecule has 4 nitrogen and oxygen atoms in total. The Hall–Kier alpha value is -3.01. The number of fused-ring (bicyclic) bond motifs is 3. The summed E-state index contributed by atoms with van der Waals surface area (Å²) in [7, 11) is 0. The van der Waals surface area contributed by atoms with E-state index in [0.717, 1.165) is 71.2 Å². The van der Waals surface area contributed by atoms with Crippen LogP contribution in [0.1, 0.15) is 83.9 Å². The molecule has 4 aromatic rings. The number of aliphatic hydroxyl groups is 1. The number of aromatic nitrogens is 1. The molecule has 1 radical (unpaired) electrons. The van der Waals surface area contributed by atoms with Gasteiger partial charge in [-0.05, 0) is 75.0 Å². The number of aryl methyl sites for hydroxylation is 2. The average Bonchev–Trinajstić information content (AvgIpc) is 2.95. The molecular weight excluding hydrogens is 711 g/mol. The second-order valence-corrected chi connectivity index (χ2v) is 12.1. The Balaban J connectivity index is 0.000000274. The molecule has 0 fully saturated rings. The third kappa shape index (κ3) is 7.56. The van der Waals surface area contributed by atoms with E-state index in [1.54, 1.807) is 0 Å².